The highest BCUT2D eigenvalue weighted by Gasteiger charge is 2.46. The minimum Gasteiger partial charge on any atom is -0.475 e. The number of ether oxygens (including phenoxy) is 1. The van der Waals surface area contributed by atoms with Gasteiger partial charge in [0.1, 0.15) is 0 Å². The number of fused-ring (bicyclic) bond motifs is 1. The lowest BCUT2D eigenvalue weighted by Crippen LogP contribution is -2.36. The highest BCUT2D eigenvalue weighted by molar-refractivity contribution is 5.73. The van der Waals surface area contributed by atoms with Gasteiger partial charge in [-0.3, -0.25) is 9.58 Å². The predicted molar refractivity (Wildman–Crippen MR) is 110 cm³/mol. The summed E-state index contributed by atoms with van der Waals surface area (Å²) in [6.45, 7) is 3.93. The van der Waals surface area contributed by atoms with Crippen molar-refractivity contribution in [3.05, 3.63) is 18.0 Å². The second-order valence-electron chi connectivity index (χ2n) is 8.16. The van der Waals surface area contributed by atoms with Crippen LogP contribution < -0.4 is 0 Å². The minimum absolute atomic E-state index is 0.581. The number of hydrogen-bond acceptors (Lipinski definition) is 7. The molecule has 1 aromatic heterocycles. The van der Waals surface area contributed by atoms with Gasteiger partial charge < -0.3 is 25.0 Å². The van der Waals surface area contributed by atoms with Crippen molar-refractivity contribution < 1.29 is 74.0 Å². The predicted octanol–water partition coefficient (Wildman–Crippen LogP) is 2.08. The molecule has 2 aliphatic heterocycles. The molecule has 2 aliphatic rings. The Morgan fingerprint density at radius 3 is 1.64 bits per heavy atom. The lowest BCUT2D eigenvalue weighted by atomic mass is 9.99. The molecule has 2 fully saturated rings. The van der Waals surface area contributed by atoms with Gasteiger partial charge in [-0.2, -0.15) is 44.6 Å². The molecule has 0 aromatic carbocycles. The Morgan fingerprint density at radius 1 is 0.923 bits per heavy atom. The molecule has 3 N–H and O–H groups in total. The summed E-state index contributed by atoms with van der Waals surface area (Å²) in [7, 11) is 6.32. The summed E-state index contributed by atoms with van der Waals surface area (Å²) in [5, 5.41) is 25.6. The van der Waals surface area contributed by atoms with E-state index in [0.29, 0.717) is 18.0 Å². The van der Waals surface area contributed by atoms with Gasteiger partial charge in [0, 0.05) is 49.9 Å². The average molecular weight is 592 g/mol. The molecule has 20 heteroatoms. The van der Waals surface area contributed by atoms with Crippen LogP contribution in [0.25, 0.3) is 0 Å². The molecule has 0 aliphatic carbocycles. The Hall–Kier alpha value is -3.13. The van der Waals surface area contributed by atoms with Crippen molar-refractivity contribution in [2.24, 2.45) is 13.0 Å². The molecule has 11 nitrogen and oxygen atoms in total. The van der Waals surface area contributed by atoms with Crippen LogP contribution in [0.5, 0.6) is 0 Å². The van der Waals surface area contributed by atoms with E-state index in [-0.39, 0.29) is 0 Å². The molecule has 0 spiro atoms. The number of aliphatic carboxylic acids is 3. The van der Waals surface area contributed by atoms with Crippen molar-refractivity contribution in [3.8, 4) is 0 Å². The van der Waals surface area contributed by atoms with Crippen LogP contribution in [0.4, 0.5) is 39.5 Å². The normalized spacial score (nSPS) is 21.0. The molecule has 1 aromatic rings. The first-order valence-electron chi connectivity index (χ1n) is 10.3. The number of carboxylic acids is 3. The van der Waals surface area contributed by atoms with Crippen LogP contribution in [0.3, 0.4) is 0 Å². The third kappa shape index (κ3) is 13.0. The Bertz CT molecular complexity index is 892. The second-order valence-corrected chi connectivity index (χ2v) is 8.16. The van der Waals surface area contributed by atoms with E-state index in [0.717, 1.165) is 26.3 Å². The zero-order valence-electron chi connectivity index (χ0n) is 20.4. The summed E-state index contributed by atoms with van der Waals surface area (Å²) < 4.78 is 103. The average Bonchev–Trinajstić information content (AvgIpc) is 3.45. The van der Waals surface area contributed by atoms with Crippen molar-refractivity contribution in [2.75, 3.05) is 33.9 Å². The molecule has 226 valence electrons. The van der Waals surface area contributed by atoms with Crippen molar-refractivity contribution in [3.63, 3.8) is 0 Å². The number of carbonyl (C=O) groups is 3. The number of nitrogens with zero attached hydrogens (tertiary/aromatic N) is 4. The van der Waals surface area contributed by atoms with Crippen LogP contribution in [-0.4, -0.2) is 117 Å². The largest absolute Gasteiger partial charge is 0.490 e. The monoisotopic (exact) mass is 592 g/mol. The Kier molecular flexibility index (Phi) is 13.2. The SMILES string of the molecule is CN(C)[C@@H]1CN(Cc2cnn(C)c2)[C@@H]2COC[C@H]12.O=C(O)C(F)(F)F.O=C(O)C(F)(F)F.O=C(O)C(F)(F)F. The lowest BCUT2D eigenvalue weighted by Gasteiger charge is -2.23. The zero-order valence-corrected chi connectivity index (χ0v) is 20.4. The van der Waals surface area contributed by atoms with Gasteiger partial charge in [0.2, 0.25) is 0 Å². The Balaban J connectivity index is 0.000000576. The van der Waals surface area contributed by atoms with Gasteiger partial charge in [-0.25, -0.2) is 14.4 Å². The maximum Gasteiger partial charge on any atom is 0.490 e. The molecule has 3 atom stereocenters. The zero-order chi connectivity index (χ0) is 30.9. The summed E-state index contributed by atoms with van der Waals surface area (Å²) in [4.78, 5) is 31.6. The highest BCUT2D eigenvalue weighted by atomic mass is 19.4. The fourth-order valence-electron chi connectivity index (χ4n) is 3.33. The lowest BCUT2D eigenvalue weighted by molar-refractivity contribution is -0.193. The van der Waals surface area contributed by atoms with E-state index in [1.54, 1.807) is 0 Å². The number of likely N-dealkylation sites (tertiary alicyclic amines) is 1. The number of hydrogen-bond donors (Lipinski definition) is 3. The molecule has 3 rings (SSSR count). The Labute approximate surface area is 214 Å². The quantitative estimate of drug-likeness (QED) is 0.446. The van der Waals surface area contributed by atoms with Crippen molar-refractivity contribution in [2.45, 2.75) is 37.2 Å². The third-order valence-corrected chi connectivity index (χ3v) is 5.01. The van der Waals surface area contributed by atoms with Crippen molar-refractivity contribution in [1.82, 2.24) is 19.6 Å². The minimum atomic E-state index is -5.08. The van der Waals surface area contributed by atoms with Gasteiger partial charge in [0.15, 0.2) is 0 Å². The van der Waals surface area contributed by atoms with Crippen LogP contribution in [-0.2, 0) is 32.7 Å². The van der Waals surface area contributed by atoms with Gasteiger partial charge in [0.05, 0.1) is 19.4 Å². The number of halogens is 9. The van der Waals surface area contributed by atoms with E-state index >= 15 is 0 Å². The van der Waals surface area contributed by atoms with Gasteiger partial charge in [-0.05, 0) is 14.1 Å². The topological polar surface area (TPSA) is 145 Å². The number of aryl methyl sites for hydroxylation is 1. The number of rotatable bonds is 3. The first kappa shape index (κ1) is 35.9. The smallest absolute Gasteiger partial charge is 0.475 e. The first-order valence-corrected chi connectivity index (χ1v) is 10.3. The van der Waals surface area contributed by atoms with Crippen molar-refractivity contribution in [1.29, 1.82) is 0 Å². The summed E-state index contributed by atoms with van der Waals surface area (Å²) >= 11 is 0. The van der Waals surface area contributed by atoms with Crippen LogP contribution in [0, 0.1) is 5.92 Å². The molecule has 0 radical (unpaired) electrons. The second kappa shape index (κ2) is 14.3. The maximum absolute atomic E-state index is 10.6. The van der Waals surface area contributed by atoms with Crippen LogP contribution >= 0.6 is 0 Å². The van der Waals surface area contributed by atoms with E-state index < -0.39 is 36.4 Å². The van der Waals surface area contributed by atoms with Crippen LogP contribution in [0.1, 0.15) is 5.56 Å². The summed E-state index contributed by atoms with van der Waals surface area (Å²) in [5.74, 6) is -7.61. The molecule has 3 heterocycles. The fraction of sp³-hybridized carbons (Fsp3) is 0.684. The summed E-state index contributed by atoms with van der Waals surface area (Å²) in [5.41, 5.74) is 1.29. The molecule has 0 bridgehead atoms. The number of aromatic nitrogens is 2. The fourth-order valence-corrected chi connectivity index (χ4v) is 3.33. The number of alkyl halides is 9. The molecular weight excluding hydrogens is 567 g/mol. The van der Waals surface area contributed by atoms with Crippen LogP contribution in [0.2, 0.25) is 0 Å². The summed E-state index contributed by atoms with van der Waals surface area (Å²) in [6, 6.07) is 1.20. The molecule has 0 saturated carbocycles. The van der Waals surface area contributed by atoms with E-state index in [1.165, 1.54) is 5.56 Å². The van der Waals surface area contributed by atoms with E-state index in [4.69, 9.17) is 34.4 Å². The van der Waals surface area contributed by atoms with Gasteiger partial charge in [-0.15, -0.1) is 0 Å². The van der Waals surface area contributed by atoms with Crippen LogP contribution in [0.15, 0.2) is 12.4 Å². The third-order valence-electron chi connectivity index (χ3n) is 5.01. The summed E-state index contributed by atoms with van der Waals surface area (Å²) in [6.07, 6.45) is -11.2. The van der Waals surface area contributed by atoms with Gasteiger partial charge in [-0.1, -0.05) is 0 Å². The highest BCUT2D eigenvalue weighted by Crippen LogP contribution is 2.33. The Morgan fingerprint density at radius 2 is 1.33 bits per heavy atom. The van der Waals surface area contributed by atoms with E-state index in [1.807, 2.05) is 17.9 Å². The van der Waals surface area contributed by atoms with Gasteiger partial charge >= 0.3 is 36.4 Å². The number of likely N-dealkylation sites (N-methyl/N-ethyl adjacent to an activating group) is 1. The van der Waals surface area contributed by atoms with E-state index in [2.05, 4.69) is 35.2 Å². The van der Waals surface area contributed by atoms with E-state index in [9.17, 15) is 39.5 Å². The molecule has 0 amide bonds. The standard InChI is InChI=1S/C13H22N4O.3C2HF3O2/c1-15(2)12-7-17(13-9-18-8-11(12)13)6-10-4-14-16(3)5-10;3*3-2(4,5)1(6)7/h4-5,11-13H,6-9H2,1-3H3;3*(H,6,7)/t11-,12-,13-;;;/m1.../s1. The van der Waals surface area contributed by atoms with Gasteiger partial charge in [0.25, 0.3) is 0 Å². The maximum atomic E-state index is 10.6. The number of carboxylic acid groups (broad SMARTS) is 3. The molecule has 2 saturated heterocycles. The molecular formula is C19H25F9N4O7. The molecule has 0 unspecified atom stereocenters. The first-order chi connectivity index (χ1) is 17.5. The molecule has 39 heavy (non-hydrogen) atoms. The van der Waals surface area contributed by atoms with Crippen molar-refractivity contribution >= 4 is 17.9 Å².